The van der Waals surface area contributed by atoms with E-state index >= 15 is 0 Å². The fourth-order valence-electron chi connectivity index (χ4n) is 1.36. The Morgan fingerprint density at radius 3 is 2.00 bits per heavy atom. The number of rotatable bonds is 4. The lowest BCUT2D eigenvalue weighted by molar-refractivity contribution is -0.158. The molecule has 0 aromatic carbocycles. The Kier molecular flexibility index (Phi) is 5.13. The zero-order chi connectivity index (χ0) is 11.4. The monoisotopic (exact) mass is 201 g/mol. The second kappa shape index (κ2) is 5.35. The topological polar surface area (TPSA) is 52.3 Å². The Hall–Kier alpha value is -0.570. The second-order valence-corrected chi connectivity index (χ2v) is 4.64. The van der Waals surface area contributed by atoms with Crippen molar-refractivity contribution in [2.45, 2.75) is 59.1 Å². The minimum absolute atomic E-state index is 0.227. The number of hydrogen-bond acceptors (Lipinski definition) is 3. The van der Waals surface area contributed by atoms with Crippen LogP contribution >= 0.6 is 0 Å². The SMILES string of the molecule is CCC(CC)[C@@H](N)C(=O)OC(C)(C)C. The molecule has 84 valence electrons. The smallest absolute Gasteiger partial charge is 0.323 e. The average Bonchev–Trinajstić information content (AvgIpc) is 2.03. The van der Waals surface area contributed by atoms with E-state index in [1.165, 1.54) is 0 Å². The first-order valence-electron chi connectivity index (χ1n) is 5.30. The summed E-state index contributed by atoms with van der Waals surface area (Å²) in [6.45, 7) is 9.64. The quantitative estimate of drug-likeness (QED) is 0.709. The lowest BCUT2D eigenvalue weighted by atomic mass is 9.95. The highest BCUT2D eigenvalue weighted by Crippen LogP contribution is 2.15. The van der Waals surface area contributed by atoms with Crippen LogP contribution in [0, 0.1) is 5.92 Å². The number of esters is 1. The molecule has 3 heteroatoms. The van der Waals surface area contributed by atoms with Crippen molar-refractivity contribution in [3.05, 3.63) is 0 Å². The zero-order valence-electron chi connectivity index (χ0n) is 9.96. The molecule has 0 aromatic rings. The Balaban J connectivity index is 4.24. The van der Waals surface area contributed by atoms with Gasteiger partial charge in [0.15, 0.2) is 0 Å². The van der Waals surface area contributed by atoms with Crippen LogP contribution in [0.3, 0.4) is 0 Å². The van der Waals surface area contributed by atoms with E-state index in [1.807, 2.05) is 34.6 Å². The summed E-state index contributed by atoms with van der Waals surface area (Å²) in [5.74, 6) is -0.0592. The largest absolute Gasteiger partial charge is 0.459 e. The maximum absolute atomic E-state index is 11.6. The molecule has 0 aromatic heterocycles. The zero-order valence-corrected chi connectivity index (χ0v) is 9.96. The molecule has 0 aliphatic carbocycles. The molecule has 0 saturated heterocycles. The lowest BCUT2D eigenvalue weighted by Gasteiger charge is -2.25. The van der Waals surface area contributed by atoms with Gasteiger partial charge in [0.05, 0.1) is 0 Å². The molecule has 0 amide bonds. The summed E-state index contributed by atoms with van der Waals surface area (Å²) in [5.41, 5.74) is 5.37. The summed E-state index contributed by atoms with van der Waals surface area (Å²) < 4.78 is 5.22. The fraction of sp³-hybridized carbons (Fsp3) is 0.909. The molecule has 0 bridgehead atoms. The average molecular weight is 201 g/mol. The van der Waals surface area contributed by atoms with E-state index in [-0.39, 0.29) is 11.9 Å². The summed E-state index contributed by atoms with van der Waals surface area (Å²) in [7, 11) is 0. The molecule has 0 spiro atoms. The third kappa shape index (κ3) is 4.61. The first-order valence-corrected chi connectivity index (χ1v) is 5.30. The first-order chi connectivity index (χ1) is 6.31. The summed E-state index contributed by atoms with van der Waals surface area (Å²) in [6, 6.07) is -0.482. The van der Waals surface area contributed by atoms with Gasteiger partial charge in [-0.15, -0.1) is 0 Å². The van der Waals surface area contributed by atoms with Gasteiger partial charge in [-0.05, 0) is 26.7 Å². The lowest BCUT2D eigenvalue weighted by Crippen LogP contribution is -2.42. The van der Waals surface area contributed by atoms with Crippen molar-refractivity contribution in [2.24, 2.45) is 11.7 Å². The van der Waals surface area contributed by atoms with Gasteiger partial charge in [-0.1, -0.05) is 26.7 Å². The van der Waals surface area contributed by atoms with Crippen LogP contribution in [-0.4, -0.2) is 17.6 Å². The number of ether oxygens (including phenoxy) is 1. The van der Waals surface area contributed by atoms with Crippen molar-refractivity contribution in [3.8, 4) is 0 Å². The van der Waals surface area contributed by atoms with E-state index in [0.717, 1.165) is 12.8 Å². The van der Waals surface area contributed by atoms with Gasteiger partial charge < -0.3 is 10.5 Å². The van der Waals surface area contributed by atoms with Crippen LogP contribution in [0.2, 0.25) is 0 Å². The van der Waals surface area contributed by atoms with Gasteiger partial charge in [0.25, 0.3) is 0 Å². The Labute approximate surface area is 87.0 Å². The van der Waals surface area contributed by atoms with Crippen molar-refractivity contribution < 1.29 is 9.53 Å². The van der Waals surface area contributed by atoms with Gasteiger partial charge in [0.2, 0.25) is 0 Å². The molecule has 0 aliphatic rings. The Bertz CT molecular complexity index is 180. The second-order valence-electron chi connectivity index (χ2n) is 4.64. The van der Waals surface area contributed by atoms with Gasteiger partial charge in [-0.25, -0.2) is 0 Å². The molecule has 3 nitrogen and oxygen atoms in total. The fourth-order valence-corrected chi connectivity index (χ4v) is 1.36. The van der Waals surface area contributed by atoms with Crippen molar-refractivity contribution in [2.75, 3.05) is 0 Å². The molecule has 0 saturated carbocycles. The van der Waals surface area contributed by atoms with Gasteiger partial charge in [0.1, 0.15) is 11.6 Å². The molecule has 14 heavy (non-hydrogen) atoms. The molecule has 2 N–H and O–H groups in total. The van der Waals surface area contributed by atoms with E-state index in [0.29, 0.717) is 0 Å². The van der Waals surface area contributed by atoms with Gasteiger partial charge >= 0.3 is 5.97 Å². The van der Waals surface area contributed by atoms with Crippen LogP contribution in [0.4, 0.5) is 0 Å². The molecule has 0 rings (SSSR count). The molecular weight excluding hydrogens is 178 g/mol. The summed E-state index contributed by atoms with van der Waals surface area (Å²) in [4.78, 5) is 11.6. The predicted octanol–water partition coefficient (Wildman–Crippen LogP) is 2.09. The van der Waals surface area contributed by atoms with E-state index in [9.17, 15) is 4.79 Å². The number of carbonyl (C=O) groups excluding carboxylic acids is 1. The number of nitrogens with two attached hydrogens (primary N) is 1. The molecule has 0 radical (unpaired) electrons. The van der Waals surface area contributed by atoms with Crippen molar-refractivity contribution in [1.82, 2.24) is 0 Å². The maximum atomic E-state index is 11.6. The molecule has 0 fully saturated rings. The third-order valence-electron chi connectivity index (χ3n) is 2.24. The van der Waals surface area contributed by atoms with Crippen LogP contribution in [0.5, 0.6) is 0 Å². The molecular formula is C11H23NO2. The molecule has 0 aliphatic heterocycles. The van der Waals surface area contributed by atoms with E-state index in [1.54, 1.807) is 0 Å². The number of carbonyl (C=O) groups is 1. The minimum atomic E-state index is -0.482. The summed E-state index contributed by atoms with van der Waals surface area (Å²) >= 11 is 0. The third-order valence-corrected chi connectivity index (χ3v) is 2.24. The molecule has 0 heterocycles. The Morgan fingerprint density at radius 1 is 1.29 bits per heavy atom. The van der Waals surface area contributed by atoms with E-state index < -0.39 is 11.6 Å². The van der Waals surface area contributed by atoms with Crippen LogP contribution in [0.1, 0.15) is 47.5 Å². The van der Waals surface area contributed by atoms with Crippen molar-refractivity contribution >= 4 is 5.97 Å². The number of hydrogen-bond donors (Lipinski definition) is 1. The highest BCUT2D eigenvalue weighted by atomic mass is 16.6. The highest BCUT2D eigenvalue weighted by molar-refractivity contribution is 5.76. The van der Waals surface area contributed by atoms with Crippen LogP contribution in [-0.2, 0) is 9.53 Å². The van der Waals surface area contributed by atoms with Crippen LogP contribution in [0.15, 0.2) is 0 Å². The van der Waals surface area contributed by atoms with Gasteiger partial charge in [-0.3, -0.25) is 4.79 Å². The summed E-state index contributed by atoms with van der Waals surface area (Å²) in [5, 5.41) is 0. The predicted molar refractivity (Wildman–Crippen MR) is 57.9 cm³/mol. The van der Waals surface area contributed by atoms with Crippen molar-refractivity contribution in [1.29, 1.82) is 0 Å². The minimum Gasteiger partial charge on any atom is -0.459 e. The standard InChI is InChI=1S/C11H23NO2/c1-6-8(7-2)9(12)10(13)14-11(3,4)5/h8-9H,6-7,12H2,1-5H3/t9-/m1/s1. The molecule has 0 unspecified atom stereocenters. The van der Waals surface area contributed by atoms with Gasteiger partial charge in [-0.2, -0.15) is 0 Å². The Morgan fingerprint density at radius 2 is 1.71 bits per heavy atom. The molecule has 1 atom stereocenters. The summed E-state index contributed by atoms with van der Waals surface area (Å²) in [6.07, 6.45) is 1.83. The highest BCUT2D eigenvalue weighted by Gasteiger charge is 2.26. The van der Waals surface area contributed by atoms with Crippen LogP contribution in [0.25, 0.3) is 0 Å². The van der Waals surface area contributed by atoms with Gasteiger partial charge in [0, 0.05) is 0 Å². The van der Waals surface area contributed by atoms with E-state index in [2.05, 4.69) is 0 Å². The first kappa shape index (κ1) is 13.4. The van der Waals surface area contributed by atoms with Crippen LogP contribution < -0.4 is 5.73 Å². The van der Waals surface area contributed by atoms with Crippen molar-refractivity contribution in [3.63, 3.8) is 0 Å². The normalized spacial score (nSPS) is 14.2. The van der Waals surface area contributed by atoms with E-state index in [4.69, 9.17) is 10.5 Å². The maximum Gasteiger partial charge on any atom is 0.323 e.